The van der Waals surface area contributed by atoms with Crippen molar-refractivity contribution in [1.82, 2.24) is 35.1 Å². The molecule has 5 atom stereocenters. The molecule has 2 unspecified atom stereocenters. The first kappa shape index (κ1) is 58.9. The van der Waals surface area contributed by atoms with Crippen LogP contribution in [0.4, 0.5) is 21.2 Å². The minimum absolute atomic E-state index is 0.00178. The number of hydrogen-bond donors (Lipinski definition) is 5. The Morgan fingerprint density at radius 2 is 1.50 bits per heavy atom. The summed E-state index contributed by atoms with van der Waals surface area (Å²) in [6, 6.07) is 11.5. The number of rotatable bonds is 18. The van der Waals surface area contributed by atoms with Gasteiger partial charge < -0.3 is 43.9 Å². The highest BCUT2D eigenvalue weighted by Crippen LogP contribution is 2.43. The van der Waals surface area contributed by atoms with E-state index in [0.29, 0.717) is 29.8 Å². The van der Waals surface area contributed by atoms with Crippen LogP contribution in [0.15, 0.2) is 59.7 Å². The lowest BCUT2D eigenvalue weighted by Crippen LogP contribution is -2.54. The highest BCUT2D eigenvalue weighted by atomic mass is 28.4. The van der Waals surface area contributed by atoms with Crippen LogP contribution in [0.25, 0.3) is 11.2 Å². The molecule has 5 rings (SSSR count). The predicted molar refractivity (Wildman–Crippen MR) is 289 cm³/mol. The third kappa shape index (κ3) is 15.3. The summed E-state index contributed by atoms with van der Waals surface area (Å²) in [4.78, 5) is 92.2. The van der Waals surface area contributed by atoms with Gasteiger partial charge in [0.1, 0.15) is 24.3 Å². The summed E-state index contributed by atoms with van der Waals surface area (Å²) in [5.41, 5.74) is 0.781. The van der Waals surface area contributed by atoms with Gasteiger partial charge in [0, 0.05) is 31.3 Å². The van der Waals surface area contributed by atoms with Crippen molar-refractivity contribution in [2.24, 2.45) is 5.92 Å². The smallest absolute Gasteiger partial charge is 0.410 e. The average molecular weight is 1060 g/mol. The number of nitrogens with zero attached hydrogens (tertiary/aromatic N) is 4. The van der Waals surface area contributed by atoms with Crippen molar-refractivity contribution in [3.63, 3.8) is 0 Å². The van der Waals surface area contributed by atoms with Gasteiger partial charge in [0.05, 0.1) is 25.1 Å². The second-order valence-electron chi connectivity index (χ2n) is 23.4. The number of nitrogens with one attached hydrogen (secondary N) is 5. The zero-order chi connectivity index (χ0) is 55.3. The third-order valence-corrected chi connectivity index (χ3v) is 22.7. The van der Waals surface area contributed by atoms with E-state index in [1.807, 2.05) is 0 Å². The van der Waals surface area contributed by atoms with Crippen LogP contribution in [-0.2, 0) is 45.8 Å². The number of carbonyl (C=O) groups is 5. The van der Waals surface area contributed by atoms with Crippen molar-refractivity contribution < 1.29 is 47.0 Å². The van der Waals surface area contributed by atoms with Gasteiger partial charge in [-0.3, -0.25) is 34.0 Å². The van der Waals surface area contributed by atoms with E-state index in [2.05, 4.69) is 99.0 Å². The predicted octanol–water partition coefficient (Wildman–Crippen LogP) is 8.83. The van der Waals surface area contributed by atoms with Gasteiger partial charge in [0.25, 0.3) is 11.5 Å². The van der Waals surface area contributed by atoms with E-state index in [-0.39, 0.29) is 57.9 Å². The van der Waals surface area contributed by atoms with Gasteiger partial charge in [0.2, 0.25) is 17.8 Å². The number of ether oxygens (including phenoxy) is 3. The molecule has 0 bridgehead atoms. The highest BCUT2D eigenvalue weighted by molar-refractivity contribution is 6.74. The standard InChI is InChI=1S/C52H79N9O11Si2/c1-31(2)39(56-48(66)71-50(4,5)6)44(64)54-32(3)42(62)55-35-24-22-33(23-25-35)28-68-49(67)60(13)27-34-20-18-19-21-37(34)43(63)58-47-57-41-40(45(65)59-47)53-30-61(41)46-38(72-74(16,17)52(10,11)12)26-36(70-46)29-69-73(14,15)51(7,8)9/h18-25,30-32,36,38-39,46H,26-29H2,1-17H3,(H,54,64)(H,55,62)(H,56,66)(H2,57,58,59,63,65)/t32?,36-,38+,39?,46+/m0/s1. The van der Waals surface area contributed by atoms with Crippen LogP contribution in [0.1, 0.15) is 117 Å². The fraction of sp³-hybridized carbons (Fsp3) is 0.577. The summed E-state index contributed by atoms with van der Waals surface area (Å²) < 4.78 is 32.9. The maximum Gasteiger partial charge on any atom is 0.410 e. The summed E-state index contributed by atoms with van der Waals surface area (Å²) in [6.07, 6.45) is -0.674. The average Bonchev–Trinajstić information content (AvgIpc) is 3.89. The number of alkyl carbamates (subject to hydrolysis) is 1. The Hall–Kier alpha value is -5.95. The number of H-pyrrole nitrogens is 1. The van der Waals surface area contributed by atoms with Crippen molar-refractivity contribution in [3.8, 4) is 0 Å². The Morgan fingerprint density at radius 1 is 0.865 bits per heavy atom. The lowest BCUT2D eigenvalue weighted by molar-refractivity contribution is -0.128. The van der Waals surface area contributed by atoms with Crippen LogP contribution in [0.3, 0.4) is 0 Å². The van der Waals surface area contributed by atoms with Crippen LogP contribution in [-0.4, -0.2) is 115 Å². The van der Waals surface area contributed by atoms with Crippen LogP contribution >= 0.6 is 0 Å². The zero-order valence-corrected chi connectivity index (χ0v) is 48.3. The number of aromatic nitrogens is 4. The molecule has 22 heteroatoms. The van der Waals surface area contributed by atoms with Crippen molar-refractivity contribution >= 4 is 69.3 Å². The number of anilines is 2. The maximum absolute atomic E-state index is 14.0. The van der Waals surface area contributed by atoms with Crippen molar-refractivity contribution in [3.05, 3.63) is 81.9 Å². The summed E-state index contributed by atoms with van der Waals surface area (Å²) >= 11 is 0. The van der Waals surface area contributed by atoms with E-state index < -0.39 is 82.1 Å². The number of carbonyl (C=O) groups excluding carboxylic acids is 5. The van der Waals surface area contributed by atoms with Crippen molar-refractivity contribution in [2.45, 2.75) is 175 Å². The topological polar surface area (TPSA) is 246 Å². The Kier molecular flexibility index (Phi) is 18.6. The van der Waals surface area contributed by atoms with E-state index in [1.54, 1.807) is 87.7 Å². The van der Waals surface area contributed by atoms with E-state index in [4.69, 9.17) is 28.0 Å². The van der Waals surface area contributed by atoms with Gasteiger partial charge >= 0.3 is 12.2 Å². The molecule has 1 aliphatic rings. The monoisotopic (exact) mass is 1060 g/mol. The molecule has 5 N–H and O–H groups in total. The molecule has 406 valence electrons. The van der Waals surface area contributed by atoms with Crippen molar-refractivity contribution in [2.75, 3.05) is 24.3 Å². The molecule has 5 amide bonds. The van der Waals surface area contributed by atoms with E-state index in [9.17, 15) is 28.8 Å². The minimum atomic E-state index is -2.32. The van der Waals surface area contributed by atoms with Gasteiger partial charge in [0.15, 0.2) is 34.0 Å². The lowest BCUT2D eigenvalue weighted by atomic mass is 10.0. The molecule has 20 nitrogen and oxygen atoms in total. The number of benzene rings is 2. The summed E-state index contributed by atoms with van der Waals surface area (Å²) in [5.74, 6) is -1.99. The van der Waals surface area contributed by atoms with Gasteiger partial charge in [-0.2, -0.15) is 4.98 Å². The van der Waals surface area contributed by atoms with Gasteiger partial charge in [-0.05, 0) is 99.2 Å². The van der Waals surface area contributed by atoms with E-state index in [1.165, 1.54) is 25.2 Å². The lowest BCUT2D eigenvalue weighted by Gasteiger charge is -2.39. The molecule has 4 aromatic rings. The largest absolute Gasteiger partial charge is 0.445 e. The summed E-state index contributed by atoms with van der Waals surface area (Å²) in [7, 11) is -2.88. The molecule has 1 aliphatic heterocycles. The molecule has 1 fully saturated rings. The Bertz CT molecular complexity index is 2700. The Morgan fingerprint density at radius 3 is 2.11 bits per heavy atom. The van der Waals surface area contributed by atoms with E-state index >= 15 is 0 Å². The third-order valence-electron chi connectivity index (χ3n) is 13.7. The van der Waals surface area contributed by atoms with Crippen LogP contribution < -0.4 is 26.8 Å². The summed E-state index contributed by atoms with van der Waals surface area (Å²) in [5, 5.41) is 10.6. The number of imidazole rings is 1. The first-order valence-electron chi connectivity index (χ1n) is 25.1. The molecule has 3 heterocycles. The molecular weight excluding hydrogens is 983 g/mol. The molecular formula is C52H79N9O11Si2. The molecule has 2 aromatic heterocycles. The van der Waals surface area contributed by atoms with Gasteiger partial charge in [-0.1, -0.05) is 85.7 Å². The molecule has 0 spiro atoms. The first-order chi connectivity index (χ1) is 34.2. The molecule has 1 saturated heterocycles. The number of aromatic amines is 1. The van der Waals surface area contributed by atoms with Crippen molar-refractivity contribution in [1.29, 1.82) is 0 Å². The SMILES string of the molecule is CC(NC(=O)C(NC(=O)OC(C)(C)C)C(C)C)C(=O)Nc1ccc(COC(=O)N(C)Cc2ccccc2C(=O)Nc2nc3c(ncn3[C@@H]3O[C@H](CO[Si](C)(C)C(C)(C)C)C[C@H]3O[Si](C)(C)C(C)(C)C)c(=O)[nH]2)cc1. The summed E-state index contributed by atoms with van der Waals surface area (Å²) in [6.45, 7) is 32.4. The fourth-order valence-corrected chi connectivity index (χ4v) is 9.68. The van der Waals surface area contributed by atoms with Gasteiger partial charge in [-0.25, -0.2) is 14.6 Å². The van der Waals surface area contributed by atoms with Crippen LogP contribution in [0.2, 0.25) is 36.3 Å². The number of hydrogen-bond acceptors (Lipinski definition) is 13. The van der Waals surface area contributed by atoms with Crippen LogP contribution in [0.5, 0.6) is 0 Å². The molecule has 0 radical (unpaired) electrons. The second-order valence-corrected chi connectivity index (χ2v) is 33.0. The zero-order valence-electron chi connectivity index (χ0n) is 46.3. The van der Waals surface area contributed by atoms with E-state index in [0.717, 1.165) is 0 Å². The Labute approximate surface area is 437 Å². The molecule has 0 aliphatic carbocycles. The molecule has 0 saturated carbocycles. The minimum Gasteiger partial charge on any atom is -0.445 e. The number of fused-ring (bicyclic) bond motifs is 1. The highest BCUT2D eigenvalue weighted by Gasteiger charge is 2.47. The maximum atomic E-state index is 14.0. The Balaban J connectivity index is 1.21. The fourth-order valence-electron chi connectivity index (χ4n) is 7.32. The number of amides is 5. The molecule has 2 aromatic carbocycles. The first-order valence-corrected chi connectivity index (χ1v) is 30.9. The van der Waals surface area contributed by atoms with Gasteiger partial charge in [-0.15, -0.1) is 0 Å². The normalized spacial score (nSPS) is 17.4. The second kappa shape index (κ2) is 23.3. The molecule has 74 heavy (non-hydrogen) atoms. The van der Waals surface area contributed by atoms with Crippen LogP contribution in [0, 0.1) is 5.92 Å². The quantitative estimate of drug-likeness (QED) is 0.0585.